The number of carboxylic acids is 1. The van der Waals surface area contributed by atoms with Crippen LogP contribution >= 0.6 is 22.7 Å². The molecule has 2 aliphatic carbocycles. The van der Waals surface area contributed by atoms with E-state index in [4.69, 9.17) is 31.3 Å². The monoisotopic (exact) mass is 1220 g/mol. The van der Waals surface area contributed by atoms with Gasteiger partial charge in [0.1, 0.15) is 15.3 Å². The van der Waals surface area contributed by atoms with Gasteiger partial charge in [-0.2, -0.15) is 10.2 Å². The van der Waals surface area contributed by atoms with Crippen LogP contribution in [-0.4, -0.2) is 83.1 Å². The van der Waals surface area contributed by atoms with Gasteiger partial charge in [0.05, 0.1) is 32.9 Å². The number of aromatic carboxylic acids is 1. The molecule has 19 nitrogen and oxygen atoms in total. The van der Waals surface area contributed by atoms with E-state index in [1.165, 1.54) is 95.9 Å². The summed E-state index contributed by atoms with van der Waals surface area (Å²) in [6.07, 6.45) is 12.7. The summed E-state index contributed by atoms with van der Waals surface area (Å²) in [6, 6.07) is 38.0. The fourth-order valence-electron chi connectivity index (χ4n) is 11.5. The average Bonchev–Trinajstić information content (AvgIpc) is 3.65. The number of aromatic nitrogens is 6. The summed E-state index contributed by atoms with van der Waals surface area (Å²) in [4.78, 5) is 74.2. The van der Waals surface area contributed by atoms with Crippen LogP contribution in [0.2, 0.25) is 0 Å². The van der Waals surface area contributed by atoms with Crippen molar-refractivity contribution in [1.29, 1.82) is 0 Å². The fraction of sp³-hybridized carbons (Fsp3) is 0.328. The quantitative estimate of drug-likeness (QED) is 0.0500. The lowest BCUT2D eigenvalue weighted by Gasteiger charge is -2.24. The van der Waals surface area contributed by atoms with E-state index in [1.807, 2.05) is 42.5 Å². The van der Waals surface area contributed by atoms with Gasteiger partial charge in [-0.15, -0.1) is 22.7 Å². The molecule has 2 saturated carbocycles. The van der Waals surface area contributed by atoms with Gasteiger partial charge in [-0.05, 0) is 164 Å². The normalized spacial score (nSPS) is 15.0. The third-order valence-corrected chi connectivity index (χ3v) is 18.4. The fourth-order valence-corrected chi connectivity index (χ4v) is 13.3. The van der Waals surface area contributed by atoms with E-state index in [0.717, 1.165) is 53.4 Å². The zero-order valence-corrected chi connectivity index (χ0v) is 52.1. The van der Waals surface area contributed by atoms with E-state index in [2.05, 4.69) is 93.8 Å². The molecule has 0 bridgehead atoms. The number of hydrogen-bond donors (Lipinski definition) is 7. The first-order valence-corrected chi connectivity index (χ1v) is 31.1. The number of carbonyl (C=O) groups excluding carboxylic acids is 4. The first kappa shape index (κ1) is 62.0. The second-order valence-corrected chi connectivity index (χ2v) is 26.4. The van der Waals surface area contributed by atoms with E-state index in [0.29, 0.717) is 26.8 Å². The van der Waals surface area contributed by atoms with Crippen LogP contribution in [0.1, 0.15) is 161 Å². The maximum Gasteiger partial charge on any atom is 0.407 e. The van der Waals surface area contributed by atoms with Gasteiger partial charge in [-0.3, -0.25) is 23.7 Å². The number of carboxylic acid groups (broad SMARTS) is 1. The number of rotatable bonds is 14. The molecule has 2 fully saturated rings. The van der Waals surface area contributed by atoms with Gasteiger partial charge in [-0.25, -0.2) is 19.6 Å². The maximum atomic E-state index is 13.4. The lowest BCUT2D eigenvalue weighted by Crippen LogP contribution is -2.40. The second-order valence-electron chi connectivity index (χ2n) is 24.3. The molecule has 456 valence electrons. The number of thiophene rings is 2. The molecule has 6 heterocycles. The molecule has 88 heavy (non-hydrogen) atoms. The highest BCUT2D eigenvalue weighted by Crippen LogP contribution is 2.43. The number of nitrogens with zero attached hydrogens (tertiary/aromatic N) is 6. The minimum Gasteiger partial charge on any atom is -0.476 e. The molecule has 12 rings (SSSR count). The van der Waals surface area contributed by atoms with Gasteiger partial charge < -0.3 is 42.6 Å². The Morgan fingerprint density at radius 2 is 1.12 bits per heavy atom. The van der Waals surface area contributed by atoms with Gasteiger partial charge in [-0.1, -0.05) is 75.9 Å². The molecule has 9 N–H and O–H groups in total. The number of amides is 4. The molecule has 4 amide bonds. The van der Waals surface area contributed by atoms with Crippen molar-refractivity contribution in [2.75, 3.05) is 24.1 Å². The number of nitrogen functional groups attached to an aromatic ring is 1. The number of pyridine rings is 2. The lowest BCUT2D eigenvalue weighted by atomic mass is 9.80. The Balaban J connectivity index is 0.000000170. The number of nitrogens with one attached hydrogen (secondary N) is 4. The molecule has 10 aromatic rings. The SMILES string of the molecule is CC(C)(C)OC(=O)NC[C@@H](NC(=O)c1cc2cc3cc(C4(C)CCCC4)ccc3nc2s1)c1cccc(N)c1.Cn1ccc(C(=O)Nc2cccc([C@@H](CN)NC(=O)c3cc4cc5cc(C6(C)CCCC6)ccc5nc4s3)c2)n1.Cn1ccc(C(=O)O)n1. The molecule has 0 spiro atoms. The molecular formula is C67H74N12O7S2. The largest absolute Gasteiger partial charge is 0.476 e. The summed E-state index contributed by atoms with van der Waals surface area (Å²) in [6.45, 7) is 10.5. The van der Waals surface area contributed by atoms with Crippen molar-refractivity contribution in [1.82, 2.24) is 45.5 Å². The van der Waals surface area contributed by atoms with Crippen molar-refractivity contribution >= 4 is 106 Å². The second kappa shape index (κ2) is 26.1. The number of fused-ring (bicyclic) bond motifs is 4. The number of ether oxygens (including phenoxy) is 1. The summed E-state index contributed by atoms with van der Waals surface area (Å²) in [5, 5.41) is 31.9. The van der Waals surface area contributed by atoms with E-state index in [-0.39, 0.29) is 47.3 Å². The number of aryl methyl sites for hydroxylation is 2. The topological polar surface area (TPSA) is 276 Å². The van der Waals surface area contributed by atoms with Gasteiger partial charge in [0.2, 0.25) is 0 Å². The molecule has 2 aliphatic rings. The number of benzene rings is 4. The molecule has 0 aliphatic heterocycles. The van der Waals surface area contributed by atoms with Gasteiger partial charge in [0.15, 0.2) is 11.4 Å². The molecular weight excluding hydrogens is 1150 g/mol. The van der Waals surface area contributed by atoms with Crippen LogP contribution < -0.4 is 32.7 Å². The van der Waals surface area contributed by atoms with Crippen LogP contribution in [0.5, 0.6) is 0 Å². The van der Waals surface area contributed by atoms with Crippen molar-refractivity contribution in [2.45, 2.75) is 114 Å². The lowest BCUT2D eigenvalue weighted by molar-refractivity contribution is 0.0519. The van der Waals surface area contributed by atoms with Crippen molar-refractivity contribution < 1.29 is 33.8 Å². The highest BCUT2D eigenvalue weighted by Gasteiger charge is 2.32. The van der Waals surface area contributed by atoms with E-state index >= 15 is 0 Å². The first-order chi connectivity index (χ1) is 42.0. The molecule has 0 unspecified atom stereocenters. The van der Waals surface area contributed by atoms with Crippen LogP contribution in [-0.2, 0) is 29.7 Å². The van der Waals surface area contributed by atoms with E-state index < -0.39 is 29.7 Å². The molecule has 0 saturated heterocycles. The Labute approximate surface area is 518 Å². The van der Waals surface area contributed by atoms with Crippen molar-refractivity contribution in [2.24, 2.45) is 19.8 Å². The van der Waals surface area contributed by atoms with E-state index in [9.17, 15) is 24.0 Å². The predicted molar refractivity (Wildman–Crippen MR) is 348 cm³/mol. The molecule has 21 heteroatoms. The third kappa shape index (κ3) is 14.8. The molecule has 0 radical (unpaired) electrons. The Bertz CT molecular complexity index is 4220. The molecule has 4 aromatic carbocycles. The first-order valence-electron chi connectivity index (χ1n) is 29.5. The Morgan fingerprint density at radius 3 is 1.59 bits per heavy atom. The average molecular weight is 1220 g/mol. The summed E-state index contributed by atoms with van der Waals surface area (Å²) >= 11 is 2.74. The van der Waals surface area contributed by atoms with Crippen LogP contribution in [0.3, 0.4) is 0 Å². The zero-order chi connectivity index (χ0) is 62.5. The summed E-state index contributed by atoms with van der Waals surface area (Å²) in [5.74, 6) is -1.74. The number of carbonyl (C=O) groups is 5. The van der Waals surface area contributed by atoms with Crippen molar-refractivity contribution in [3.8, 4) is 0 Å². The predicted octanol–water partition coefficient (Wildman–Crippen LogP) is 12.7. The highest BCUT2D eigenvalue weighted by molar-refractivity contribution is 7.20. The molecule has 2 atom stereocenters. The van der Waals surface area contributed by atoms with Gasteiger partial charge >= 0.3 is 12.1 Å². The number of anilines is 2. The summed E-state index contributed by atoms with van der Waals surface area (Å²) in [7, 11) is 3.43. The Hall–Kier alpha value is -9.05. The summed E-state index contributed by atoms with van der Waals surface area (Å²) < 4.78 is 8.39. The standard InChI is InChI=1S/C31H32N6O2S.C31H36N4O3S.C5H6N2O2/c1-31(11-3-4-12-31)22-8-9-24-20(15-22)14-21-17-27(40-30(21)35-24)29(39)34-26(18-32)19-6-5-7-23(16-19)33-28(38)25-10-13-37(2)36-25;1-30(2,3)38-29(37)33-18-25(19-8-7-9-23(32)16-19)34-27(36)26-17-21-14-20-15-22(31(4)12-5-6-13-31)10-11-24(20)35-28(21)39-26;1-7-3-2-4(6-7)5(8)9/h5-10,13-17,26H,3-4,11-12,18,32H2,1-2H3,(H,33,38)(H,34,39);7-11,14-17,25H,5-6,12-13,18,32H2,1-4H3,(H,33,37)(H,34,36);2-3H,1H3,(H,8,9)/t26-;25-;/m11./s1. The van der Waals surface area contributed by atoms with Crippen LogP contribution in [0.25, 0.3) is 42.2 Å². The minimum absolute atomic E-state index is 0.0810. The maximum absolute atomic E-state index is 13.4. The smallest absolute Gasteiger partial charge is 0.407 e. The van der Waals surface area contributed by atoms with Crippen molar-refractivity contribution in [3.63, 3.8) is 0 Å². The Kier molecular flexibility index (Phi) is 18.4. The minimum atomic E-state index is -0.990. The van der Waals surface area contributed by atoms with Crippen LogP contribution in [0.15, 0.2) is 134 Å². The van der Waals surface area contributed by atoms with Crippen molar-refractivity contribution in [3.05, 3.63) is 177 Å². The summed E-state index contributed by atoms with van der Waals surface area (Å²) in [5.41, 5.74) is 19.7. The molecule has 6 aromatic heterocycles. The van der Waals surface area contributed by atoms with Gasteiger partial charge in [0.25, 0.3) is 17.7 Å². The van der Waals surface area contributed by atoms with Crippen LogP contribution in [0.4, 0.5) is 16.2 Å². The number of nitrogens with two attached hydrogens (primary N) is 2. The number of alkyl carbamates (subject to hydrolysis) is 1. The zero-order valence-electron chi connectivity index (χ0n) is 50.5. The highest BCUT2D eigenvalue weighted by atomic mass is 32.1. The van der Waals surface area contributed by atoms with Crippen LogP contribution in [0, 0.1) is 0 Å². The Morgan fingerprint density at radius 1 is 0.625 bits per heavy atom. The number of hydrogen-bond acceptors (Lipinski definition) is 14. The third-order valence-electron chi connectivity index (χ3n) is 16.3. The van der Waals surface area contributed by atoms with E-state index in [1.54, 1.807) is 76.2 Å². The van der Waals surface area contributed by atoms with Gasteiger partial charge in [0, 0.05) is 72.5 Å².